The minimum atomic E-state index is -0.725. The molecule has 1 atom stereocenters. The number of aryl methyl sites for hydroxylation is 1. The molecular weight excluding hydrogens is 294 g/mol. The Morgan fingerprint density at radius 1 is 1.04 bits per heavy atom. The molecule has 0 aliphatic carbocycles. The van der Waals surface area contributed by atoms with Crippen molar-refractivity contribution >= 4 is 17.6 Å². The summed E-state index contributed by atoms with van der Waals surface area (Å²) < 4.78 is 10.0. The predicted octanol–water partition coefficient (Wildman–Crippen LogP) is 3.11. The number of carbonyl (C=O) groups excluding carboxylic acids is 2. The summed E-state index contributed by atoms with van der Waals surface area (Å²) in [6, 6.07) is 14.2. The van der Waals surface area contributed by atoms with E-state index in [0.29, 0.717) is 11.3 Å². The first-order valence-corrected chi connectivity index (χ1v) is 7.14. The van der Waals surface area contributed by atoms with Crippen LogP contribution >= 0.6 is 0 Å². The fourth-order valence-electron chi connectivity index (χ4n) is 2.22. The molecule has 0 fully saturated rings. The third-order valence-electron chi connectivity index (χ3n) is 3.49. The Balaban J connectivity index is 2.23. The van der Waals surface area contributed by atoms with Gasteiger partial charge in [-0.15, -0.1) is 0 Å². The van der Waals surface area contributed by atoms with Crippen molar-refractivity contribution < 1.29 is 19.1 Å². The van der Waals surface area contributed by atoms with E-state index < -0.39 is 12.1 Å². The van der Waals surface area contributed by atoms with Gasteiger partial charge in [0.15, 0.2) is 6.10 Å². The topological polar surface area (TPSA) is 64.6 Å². The second-order valence-corrected chi connectivity index (χ2v) is 5.04. The summed E-state index contributed by atoms with van der Waals surface area (Å²) in [5.74, 6) is -0.754. The molecule has 23 heavy (non-hydrogen) atoms. The van der Waals surface area contributed by atoms with Crippen LogP contribution < -0.4 is 5.32 Å². The molecule has 0 saturated heterocycles. The minimum absolute atomic E-state index is 0.302. The molecule has 5 nitrogen and oxygen atoms in total. The van der Waals surface area contributed by atoms with Crippen LogP contribution in [0, 0.1) is 6.92 Å². The summed E-state index contributed by atoms with van der Waals surface area (Å²) in [7, 11) is 2.80. The highest BCUT2D eigenvalue weighted by molar-refractivity contribution is 5.97. The lowest BCUT2D eigenvalue weighted by Crippen LogP contribution is -2.23. The van der Waals surface area contributed by atoms with Crippen molar-refractivity contribution in [1.82, 2.24) is 0 Å². The van der Waals surface area contributed by atoms with E-state index in [1.54, 1.807) is 18.2 Å². The lowest BCUT2D eigenvalue weighted by atomic mass is 10.1. The van der Waals surface area contributed by atoms with Crippen molar-refractivity contribution in [1.29, 1.82) is 0 Å². The third-order valence-corrected chi connectivity index (χ3v) is 3.49. The maximum atomic E-state index is 12.5. The van der Waals surface area contributed by atoms with Crippen molar-refractivity contribution in [2.45, 2.75) is 13.0 Å². The number of ether oxygens (including phenoxy) is 2. The van der Waals surface area contributed by atoms with Gasteiger partial charge in [0, 0.05) is 12.8 Å². The fourth-order valence-corrected chi connectivity index (χ4v) is 2.22. The third kappa shape index (κ3) is 3.96. The first kappa shape index (κ1) is 16.7. The van der Waals surface area contributed by atoms with Crippen molar-refractivity contribution in [2.75, 3.05) is 19.5 Å². The maximum absolute atomic E-state index is 12.5. The van der Waals surface area contributed by atoms with Crippen LogP contribution in [-0.4, -0.2) is 26.1 Å². The van der Waals surface area contributed by atoms with Gasteiger partial charge in [-0.3, -0.25) is 4.79 Å². The first-order valence-electron chi connectivity index (χ1n) is 7.14. The van der Waals surface area contributed by atoms with Gasteiger partial charge in [-0.05, 0) is 30.2 Å². The number of nitrogens with one attached hydrogen (secondary N) is 1. The second kappa shape index (κ2) is 7.56. The second-order valence-electron chi connectivity index (χ2n) is 5.04. The number of carbonyl (C=O) groups is 2. The molecule has 1 N–H and O–H groups in total. The molecule has 0 unspecified atom stereocenters. The lowest BCUT2D eigenvalue weighted by Gasteiger charge is -2.17. The van der Waals surface area contributed by atoms with E-state index in [-0.39, 0.29) is 5.91 Å². The van der Waals surface area contributed by atoms with Crippen molar-refractivity contribution in [3.8, 4) is 0 Å². The predicted molar refractivity (Wildman–Crippen MR) is 87.3 cm³/mol. The number of hydrogen-bond acceptors (Lipinski definition) is 4. The standard InChI is InChI=1S/C18H19NO4/c1-12-9-10-14(18(21)23-3)11-15(12)19-17(20)16(22-2)13-7-5-4-6-8-13/h4-11,16H,1-3H3,(H,19,20)/t16-/m1/s1. The zero-order valence-electron chi connectivity index (χ0n) is 13.3. The summed E-state index contributed by atoms with van der Waals surface area (Å²) in [6.45, 7) is 1.85. The highest BCUT2D eigenvalue weighted by Gasteiger charge is 2.21. The Kier molecular flexibility index (Phi) is 5.49. The minimum Gasteiger partial charge on any atom is -0.465 e. The van der Waals surface area contributed by atoms with Crippen molar-refractivity contribution in [2.24, 2.45) is 0 Å². The van der Waals surface area contributed by atoms with Crippen LogP contribution in [0.25, 0.3) is 0 Å². The van der Waals surface area contributed by atoms with Gasteiger partial charge in [0.2, 0.25) is 0 Å². The molecule has 5 heteroatoms. The number of anilines is 1. The van der Waals surface area contributed by atoms with Gasteiger partial charge in [-0.1, -0.05) is 36.4 Å². The first-order chi connectivity index (χ1) is 11.1. The number of esters is 1. The quantitative estimate of drug-likeness (QED) is 0.861. The smallest absolute Gasteiger partial charge is 0.337 e. The highest BCUT2D eigenvalue weighted by Crippen LogP contribution is 2.22. The van der Waals surface area contributed by atoms with Crippen LogP contribution in [0.2, 0.25) is 0 Å². The van der Waals surface area contributed by atoms with Crippen LogP contribution in [0.3, 0.4) is 0 Å². The number of hydrogen-bond donors (Lipinski definition) is 1. The van der Waals surface area contributed by atoms with Crippen molar-refractivity contribution in [3.05, 3.63) is 65.2 Å². The maximum Gasteiger partial charge on any atom is 0.337 e. The summed E-state index contributed by atoms with van der Waals surface area (Å²) in [5.41, 5.74) is 2.53. The highest BCUT2D eigenvalue weighted by atomic mass is 16.5. The Bertz CT molecular complexity index is 697. The molecule has 0 heterocycles. The summed E-state index contributed by atoms with van der Waals surface area (Å²) in [5, 5.41) is 2.81. The average Bonchev–Trinajstić information content (AvgIpc) is 2.57. The molecule has 120 valence electrons. The van der Waals surface area contributed by atoms with E-state index in [0.717, 1.165) is 11.1 Å². The summed E-state index contributed by atoms with van der Waals surface area (Å²) >= 11 is 0. The molecule has 0 saturated carbocycles. The van der Waals surface area contributed by atoms with E-state index in [4.69, 9.17) is 9.47 Å². The van der Waals surface area contributed by atoms with E-state index in [1.807, 2.05) is 37.3 Å². The van der Waals surface area contributed by atoms with E-state index in [1.165, 1.54) is 14.2 Å². The molecule has 0 radical (unpaired) electrons. The Morgan fingerprint density at radius 3 is 2.35 bits per heavy atom. The van der Waals surface area contributed by atoms with Gasteiger partial charge in [0.25, 0.3) is 5.91 Å². The molecule has 2 rings (SSSR count). The number of methoxy groups -OCH3 is 2. The molecule has 2 aromatic carbocycles. The lowest BCUT2D eigenvalue weighted by molar-refractivity contribution is -0.126. The van der Waals surface area contributed by atoms with Gasteiger partial charge in [0.05, 0.1) is 12.7 Å². The number of benzene rings is 2. The monoisotopic (exact) mass is 313 g/mol. The molecule has 0 aliphatic heterocycles. The number of amides is 1. The summed E-state index contributed by atoms with van der Waals surface area (Å²) in [6.07, 6.45) is -0.725. The van der Waals surface area contributed by atoms with Crippen LogP contribution in [0.4, 0.5) is 5.69 Å². The largest absolute Gasteiger partial charge is 0.465 e. The fraction of sp³-hybridized carbons (Fsp3) is 0.222. The Morgan fingerprint density at radius 2 is 1.74 bits per heavy atom. The molecule has 0 aliphatic rings. The van der Waals surface area contributed by atoms with Gasteiger partial charge in [-0.2, -0.15) is 0 Å². The molecule has 0 bridgehead atoms. The van der Waals surface area contributed by atoms with Crippen molar-refractivity contribution in [3.63, 3.8) is 0 Å². The molecule has 0 spiro atoms. The summed E-state index contributed by atoms with van der Waals surface area (Å²) in [4.78, 5) is 24.1. The zero-order chi connectivity index (χ0) is 16.8. The number of rotatable bonds is 5. The normalized spacial score (nSPS) is 11.6. The Labute approximate surface area is 135 Å². The van der Waals surface area contributed by atoms with Crippen LogP contribution in [0.1, 0.15) is 27.6 Å². The van der Waals surface area contributed by atoms with Crippen LogP contribution in [-0.2, 0) is 14.3 Å². The van der Waals surface area contributed by atoms with Crippen LogP contribution in [0.5, 0.6) is 0 Å². The molecule has 1 amide bonds. The van der Waals surface area contributed by atoms with Gasteiger partial charge >= 0.3 is 5.97 Å². The van der Waals surface area contributed by atoms with Crippen LogP contribution in [0.15, 0.2) is 48.5 Å². The van der Waals surface area contributed by atoms with E-state index >= 15 is 0 Å². The SMILES string of the molecule is COC(=O)c1ccc(C)c(NC(=O)[C@H](OC)c2ccccc2)c1. The molecule has 2 aromatic rings. The molecular formula is C18H19NO4. The Hall–Kier alpha value is -2.66. The molecule has 0 aromatic heterocycles. The van der Waals surface area contributed by atoms with E-state index in [2.05, 4.69) is 5.32 Å². The zero-order valence-corrected chi connectivity index (χ0v) is 13.3. The van der Waals surface area contributed by atoms with Gasteiger partial charge in [-0.25, -0.2) is 4.79 Å². The average molecular weight is 313 g/mol. The van der Waals surface area contributed by atoms with E-state index in [9.17, 15) is 9.59 Å². The van der Waals surface area contributed by atoms with Gasteiger partial charge in [0.1, 0.15) is 0 Å². The van der Waals surface area contributed by atoms with Gasteiger partial charge < -0.3 is 14.8 Å².